The number of nitrogens with two attached hydrogens (primary N) is 1. The fourth-order valence-electron chi connectivity index (χ4n) is 5.05. The van der Waals surface area contributed by atoms with Crippen molar-refractivity contribution in [1.82, 2.24) is 14.9 Å². The third kappa shape index (κ3) is 4.98. The van der Waals surface area contributed by atoms with Gasteiger partial charge in [-0.2, -0.15) is 9.97 Å². The van der Waals surface area contributed by atoms with E-state index in [9.17, 15) is 5.11 Å². The Morgan fingerprint density at radius 1 is 1.00 bits per heavy atom. The molecule has 0 amide bonds. The fourth-order valence-corrected chi connectivity index (χ4v) is 5.05. The van der Waals surface area contributed by atoms with Crippen LogP contribution in [-0.4, -0.2) is 52.8 Å². The third-order valence-corrected chi connectivity index (χ3v) is 6.79. The van der Waals surface area contributed by atoms with Crippen molar-refractivity contribution < 1.29 is 9.84 Å². The number of ether oxygens (including phenoxy) is 1. The van der Waals surface area contributed by atoms with Crippen LogP contribution in [0.2, 0.25) is 0 Å². The van der Waals surface area contributed by atoms with Gasteiger partial charge in [0.25, 0.3) is 0 Å². The van der Waals surface area contributed by atoms with E-state index in [1.807, 2.05) is 24.3 Å². The molecule has 0 bridgehead atoms. The Labute approximate surface area is 195 Å². The molecule has 3 N–H and O–H groups in total. The van der Waals surface area contributed by atoms with Gasteiger partial charge in [0.2, 0.25) is 0 Å². The van der Waals surface area contributed by atoms with Crippen LogP contribution in [0.5, 0.6) is 11.8 Å². The number of phenolic OH excluding ortho intramolecular Hbond substituents is 1. The van der Waals surface area contributed by atoms with Gasteiger partial charge in [0.1, 0.15) is 11.6 Å². The maximum absolute atomic E-state index is 10.3. The molecule has 1 aromatic heterocycles. The maximum atomic E-state index is 10.3. The number of phenols is 1. The number of likely N-dealkylation sites (tertiary alicyclic amines) is 1. The van der Waals surface area contributed by atoms with E-state index in [-0.39, 0.29) is 5.75 Å². The van der Waals surface area contributed by atoms with Gasteiger partial charge in [0.15, 0.2) is 0 Å². The van der Waals surface area contributed by atoms with Crippen molar-refractivity contribution in [1.29, 1.82) is 0 Å². The van der Waals surface area contributed by atoms with Gasteiger partial charge in [-0.05, 0) is 50.2 Å². The summed E-state index contributed by atoms with van der Waals surface area (Å²) in [4.78, 5) is 13.9. The van der Waals surface area contributed by atoms with Crippen LogP contribution in [0.15, 0.2) is 36.4 Å². The highest BCUT2D eigenvalue weighted by Gasteiger charge is 2.23. The van der Waals surface area contributed by atoms with Crippen molar-refractivity contribution in [2.24, 2.45) is 0 Å². The second-order valence-electron chi connectivity index (χ2n) is 9.13. The first-order valence-corrected chi connectivity index (χ1v) is 12.1. The molecule has 2 aliphatic heterocycles. The minimum Gasteiger partial charge on any atom is -0.508 e. The normalized spacial score (nSPS) is 17.0. The van der Waals surface area contributed by atoms with Crippen molar-refractivity contribution in [3.05, 3.63) is 47.7 Å². The molecule has 2 aromatic carbocycles. The van der Waals surface area contributed by atoms with E-state index >= 15 is 0 Å². The van der Waals surface area contributed by atoms with Gasteiger partial charge in [-0.15, -0.1) is 0 Å². The largest absolute Gasteiger partial charge is 0.508 e. The van der Waals surface area contributed by atoms with Crippen LogP contribution in [0.4, 0.5) is 11.5 Å². The monoisotopic (exact) mass is 447 g/mol. The smallest absolute Gasteiger partial charge is 0.318 e. The molecular formula is C26H33N5O2. The van der Waals surface area contributed by atoms with Crippen LogP contribution in [0.25, 0.3) is 10.8 Å². The van der Waals surface area contributed by atoms with Crippen molar-refractivity contribution in [3.8, 4) is 11.8 Å². The van der Waals surface area contributed by atoms with Gasteiger partial charge in [-0.1, -0.05) is 37.1 Å². The molecule has 2 aliphatic rings. The highest BCUT2D eigenvalue weighted by atomic mass is 16.5. The molecule has 0 atom stereocenters. The van der Waals surface area contributed by atoms with Gasteiger partial charge in [-0.3, -0.25) is 0 Å². The molecule has 0 unspecified atom stereocenters. The maximum Gasteiger partial charge on any atom is 0.318 e. The van der Waals surface area contributed by atoms with E-state index in [1.165, 1.54) is 38.8 Å². The first-order chi connectivity index (χ1) is 16.2. The van der Waals surface area contributed by atoms with Crippen molar-refractivity contribution in [3.63, 3.8) is 0 Å². The average molecular weight is 448 g/mol. The average Bonchev–Trinajstić information content (AvgIpc) is 3.10. The number of nitrogens with zero attached hydrogens (tertiary/aromatic N) is 4. The molecule has 0 saturated carbocycles. The number of aromatic nitrogens is 2. The standard InChI is InChI=1S/C26H33N5O2/c27-25-22-10-14-31(24-17-20(32)16-19-8-3-4-9-21(19)24)18-23(22)28-26(29-25)33-15-7-13-30-11-5-1-2-6-12-30/h3-4,8-9,16-17,32H,1-2,5-7,10-15,18H2,(H2,27,28,29). The highest BCUT2D eigenvalue weighted by Crippen LogP contribution is 2.35. The predicted octanol–water partition coefficient (Wildman–Crippen LogP) is 4.13. The summed E-state index contributed by atoms with van der Waals surface area (Å²) in [5.74, 6) is 0.785. The zero-order valence-corrected chi connectivity index (χ0v) is 19.2. The van der Waals surface area contributed by atoms with Gasteiger partial charge in [-0.25, -0.2) is 0 Å². The number of hydrogen-bond donors (Lipinski definition) is 2. The summed E-state index contributed by atoms with van der Waals surface area (Å²) in [6, 6.07) is 12.1. The van der Waals surface area contributed by atoms with E-state index in [2.05, 4.69) is 20.9 Å². The molecule has 0 aliphatic carbocycles. The third-order valence-electron chi connectivity index (χ3n) is 6.79. The lowest BCUT2D eigenvalue weighted by atomic mass is 10.0. The molecular weight excluding hydrogens is 414 g/mol. The molecule has 7 nitrogen and oxygen atoms in total. The number of anilines is 2. The van der Waals surface area contributed by atoms with E-state index in [0.29, 0.717) is 25.0 Å². The van der Waals surface area contributed by atoms with Crippen LogP contribution >= 0.6 is 0 Å². The Morgan fingerprint density at radius 3 is 2.67 bits per heavy atom. The molecule has 174 valence electrons. The minimum absolute atomic E-state index is 0.269. The number of aromatic hydroxyl groups is 1. The lowest BCUT2D eigenvalue weighted by Gasteiger charge is -2.31. The quantitative estimate of drug-likeness (QED) is 0.550. The summed E-state index contributed by atoms with van der Waals surface area (Å²) >= 11 is 0. The van der Waals surface area contributed by atoms with Crippen LogP contribution in [0.3, 0.4) is 0 Å². The summed E-state index contributed by atoms with van der Waals surface area (Å²) in [5, 5.41) is 12.4. The Balaban J connectivity index is 1.27. The first kappa shape index (κ1) is 21.8. The van der Waals surface area contributed by atoms with E-state index < -0.39 is 0 Å². The topological polar surface area (TPSA) is 87.7 Å². The molecule has 3 aromatic rings. The van der Waals surface area contributed by atoms with Gasteiger partial charge >= 0.3 is 6.01 Å². The predicted molar refractivity (Wildman–Crippen MR) is 132 cm³/mol. The summed E-state index contributed by atoms with van der Waals surface area (Å²) < 4.78 is 5.92. The number of rotatable bonds is 6. The highest BCUT2D eigenvalue weighted by molar-refractivity contribution is 5.95. The summed E-state index contributed by atoms with van der Waals surface area (Å²) in [6.07, 6.45) is 7.03. The molecule has 1 saturated heterocycles. The summed E-state index contributed by atoms with van der Waals surface area (Å²) in [6.45, 7) is 5.45. The molecule has 0 spiro atoms. The molecule has 5 rings (SSSR count). The number of nitrogen functional groups attached to an aromatic ring is 1. The molecule has 1 fully saturated rings. The zero-order valence-electron chi connectivity index (χ0n) is 19.2. The number of fused-ring (bicyclic) bond motifs is 2. The fraction of sp³-hybridized carbons (Fsp3) is 0.462. The first-order valence-electron chi connectivity index (χ1n) is 12.1. The Morgan fingerprint density at radius 2 is 1.82 bits per heavy atom. The summed E-state index contributed by atoms with van der Waals surface area (Å²) in [5.41, 5.74) is 9.20. The lowest BCUT2D eigenvalue weighted by Crippen LogP contribution is -2.32. The van der Waals surface area contributed by atoms with Crippen LogP contribution in [-0.2, 0) is 13.0 Å². The van der Waals surface area contributed by atoms with Crippen molar-refractivity contribution in [2.75, 3.05) is 43.4 Å². The lowest BCUT2D eigenvalue weighted by molar-refractivity contribution is 0.231. The van der Waals surface area contributed by atoms with E-state index in [1.54, 1.807) is 6.07 Å². The Bertz CT molecular complexity index is 1110. The molecule has 33 heavy (non-hydrogen) atoms. The van der Waals surface area contributed by atoms with Gasteiger partial charge in [0.05, 0.1) is 18.8 Å². The Hall–Kier alpha value is -3.06. The Kier molecular flexibility index (Phi) is 6.48. The van der Waals surface area contributed by atoms with Crippen molar-refractivity contribution in [2.45, 2.75) is 45.1 Å². The van der Waals surface area contributed by atoms with Gasteiger partial charge in [0, 0.05) is 35.8 Å². The number of benzene rings is 2. The molecule has 7 heteroatoms. The van der Waals surface area contributed by atoms with Crippen molar-refractivity contribution >= 4 is 22.3 Å². The molecule has 3 heterocycles. The summed E-state index contributed by atoms with van der Waals surface area (Å²) in [7, 11) is 0. The van der Waals surface area contributed by atoms with Gasteiger partial charge < -0.3 is 25.4 Å². The second kappa shape index (κ2) is 9.83. The van der Waals surface area contributed by atoms with E-state index in [0.717, 1.165) is 53.6 Å². The minimum atomic E-state index is 0.269. The van der Waals surface area contributed by atoms with Crippen LogP contribution in [0, 0.1) is 0 Å². The van der Waals surface area contributed by atoms with Crippen LogP contribution < -0.4 is 15.4 Å². The SMILES string of the molecule is Nc1nc(OCCCN2CCCCCC2)nc2c1CCN(c1cc(O)cc3ccccc13)C2. The van der Waals surface area contributed by atoms with Crippen LogP contribution in [0.1, 0.15) is 43.4 Å². The molecule has 0 radical (unpaired) electrons. The zero-order chi connectivity index (χ0) is 22.6. The van der Waals surface area contributed by atoms with E-state index in [4.69, 9.17) is 15.5 Å². The number of hydrogen-bond acceptors (Lipinski definition) is 7. The second-order valence-corrected chi connectivity index (χ2v) is 9.13.